The predicted octanol–water partition coefficient (Wildman–Crippen LogP) is 4.61. The van der Waals surface area contributed by atoms with Crippen molar-refractivity contribution in [2.45, 2.75) is 63.4 Å². The Labute approximate surface area is 275 Å². The summed E-state index contributed by atoms with van der Waals surface area (Å²) in [5.74, 6) is -0.0397. The van der Waals surface area contributed by atoms with E-state index in [2.05, 4.69) is 32.7 Å². The lowest BCUT2D eigenvalue weighted by Gasteiger charge is -2.34. The van der Waals surface area contributed by atoms with Gasteiger partial charge in [0.05, 0.1) is 17.9 Å². The van der Waals surface area contributed by atoms with Crippen LogP contribution in [0, 0.1) is 0 Å². The van der Waals surface area contributed by atoms with Crippen molar-refractivity contribution in [3.8, 4) is 11.1 Å². The third-order valence-corrected chi connectivity index (χ3v) is 9.16. The summed E-state index contributed by atoms with van der Waals surface area (Å²) in [7, 11) is 0. The van der Waals surface area contributed by atoms with Gasteiger partial charge in [0.1, 0.15) is 17.6 Å². The van der Waals surface area contributed by atoms with Crippen LogP contribution in [0.4, 0.5) is 5.82 Å². The molecule has 10 heteroatoms. The molecule has 2 amide bonds. The molecule has 1 aliphatic heterocycles. The number of aromatic nitrogens is 3. The van der Waals surface area contributed by atoms with Crippen LogP contribution in [0.5, 0.6) is 0 Å². The third-order valence-electron chi connectivity index (χ3n) is 9.16. The van der Waals surface area contributed by atoms with Gasteiger partial charge in [0.25, 0.3) is 5.91 Å². The number of anilines is 1. The Kier molecular flexibility index (Phi) is 8.90. The molecule has 5 aromatic rings. The average Bonchev–Trinajstić information content (AvgIpc) is 3.86. The summed E-state index contributed by atoms with van der Waals surface area (Å²) in [5.41, 5.74) is 8.76. The van der Waals surface area contributed by atoms with E-state index in [9.17, 15) is 14.7 Å². The molecule has 10 nitrogen and oxygen atoms in total. The van der Waals surface area contributed by atoms with Gasteiger partial charge in [-0.15, -0.1) is 0 Å². The number of aliphatic hydroxyl groups excluding tert-OH is 1. The molecule has 1 fully saturated rings. The van der Waals surface area contributed by atoms with Gasteiger partial charge in [-0.3, -0.25) is 9.59 Å². The number of para-hydroxylation sites is 1. The summed E-state index contributed by atoms with van der Waals surface area (Å²) in [6.07, 6.45) is 6.30. The van der Waals surface area contributed by atoms with E-state index in [-0.39, 0.29) is 5.91 Å². The van der Waals surface area contributed by atoms with Gasteiger partial charge in [0, 0.05) is 36.4 Å². The molecule has 2 aromatic heterocycles. The molecule has 244 valence electrons. The normalized spacial score (nSPS) is 16.1. The molecular formula is C37H43N7O3. The van der Waals surface area contributed by atoms with Crippen LogP contribution in [0.3, 0.4) is 0 Å². The van der Waals surface area contributed by atoms with Crippen LogP contribution in [0.25, 0.3) is 22.0 Å². The molecule has 6 rings (SSSR count). The molecule has 6 N–H and O–H groups in total. The van der Waals surface area contributed by atoms with E-state index < -0.39 is 29.3 Å². The van der Waals surface area contributed by atoms with Crippen LogP contribution in [0.15, 0.2) is 97.6 Å². The summed E-state index contributed by atoms with van der Waals surface area (Å²) in [6, 6.07) is 25.3. The first-order chi connectivity index (χ1) is 22.5. The highest BCUT2D eigenvalue weighted by Gasteiger charge is 2.41. The molecule has 0 spiro atoms. The second-order valence-corrected chi connectivity index (χ2v) is 13.1. The Morgan fingerprint density at radius 3 is 2.32 bits per heavy atom. The van der Waals surface area contributed by atoms with Gasteiger partial charge in [-0.25, -0.2) is 4.98 Å². The number of nitrogens with one attached hydrogen (secondary N) is 3. The second-order valence-electron chi connectivity index (χ2n) is 13.1. The zero-order chi connectivity index (χ0) is 33.2. The summed E-state index contributed by atoms with van der Waals surface area (Å²) in [5, 5.41) is 18.5. The number of imidazole rings is 1. The monoisotopic (exact) mass is 633 g/mol. The van der Waals surface area contributed by atoms with Crippen molar-refractivity contribution < 1.29 is 14.7 Å². The van der Waals surface area contributed by atoms with Crippen molar-refractivity contribution in [1.82, 2.24) is 24.8 Å². The van der Waals surface area contributed by atoms with Gasteiger partial charge in [0.2, 0.25) is 5.91 Å². The number of nitrogens with two attached hydrogens (primary N) is 1. The lowest BCUT2D eigenvalue weighted by atomic mass is 9.88. The van der Waals surface area contributed by atoms with Crippen molar-refractivity contribution in [2.75, 3.05) is 18.4 Å². The molecule has 1 aliphatic rings. The summed E-state index contributed by atoms with van der Waals surface area (Å²) in [4.78, 5) is 36.9. The first-order valence-electron chi connectivity index (χ1n) is 16.1. The lowest BCUT2D eigenvalue weighted by molar-refractivity contribution is -0.137. The number of aliphatic hydroxyl groups is 1. The number of nitrogens with zero attached hydrogens (tertiary/aromatic N) is 3. The molecule has 3 atom stereocenters. The number of likely N-dealkylation sites (tertiary alicyclic amines) is 1. The minimum atomic E-state index is -1.22. The molecule has 3 heterocycles. The molecule has 1 saturated heterocycles. The van der Waals surface area contributed by atoms with E-state index in [1.54, 1.807) is 30.9 Å². The van der Waals surface area contributed by atoms with E-state index in [4.69, 9.17) is 5.73 Å². The SMILES string of the molecule is CC(C)(N)C(=O)N[C@H](Cc1c[nH]c2ccccc12)C(O)Nc1cn(C(C)(C(=O)N2CCCC2)c2ccc(-c3ccccc3)cc2)cn1. The highest BCUT2D eigenvalue weighted by Crippen LogP contribution is 2.33. The quantitative estimate of drug-likeness (QED) is 0.135. The number of carbonyl (C=O) groups excluding carboxylic acids is 2. The van der Waals surface area contributed by atoms with Crippen LogP contribution in [0.2, 0.25) is 0 Å². The highest BCUT2D eigenvalue weighted by molar-refractivity contribution is 5.88. The Morgan fingerprint density at radius 2 is 1.62 bits per heavy atom. The van der Waals surface area contributed by atoms with Crippen LogP contribution in [0.1, 0.15) is 44.7 Å². The fraction of sp³-hybridized carbons (Fsp3) is 0.324. The van der Waals surface area contributed by atoms with Crippen LogP contribution in [-0.2, 0) is 21.5 Å². The molecular weight excluding hydrogens is 590 g/mol. The van der Waals surface area contributed by atoms with Crippen molar-refractivity contribution in [3.63, 3.8) is 0 Å². The number of carbonyl (C=O) groups is 2. The summed E-state index contributed by atoms with van der Waals surface area (Å²) in [6.45, 7) is 6.58. The Bertz CT molecular complexity index is 1840. The van der Waals surface area contributed by atoms with Crippen LogP contribution >= 0.6 is 0 Å². The number of hydrogen-bond acceptors (Lipinski definition) is 6. The minimum Gasteiger partial charge on any atom is -0.372 e. The maximum atomic E-state index is 14.2. The number of aromatic amines is 1. The van der Waals surface area contributed by atoms with Crippen molar-refractivity contribution >= 4 is 28.5 Å². The van der Waals surface area contributed by atoms with Crippen molar-refractivity contribution in [3.05, 3.63) is 109 Å². The zero-order valence-corrected chi connectivity index (χ0v) is 27.1. The summed E-state index contributed by atoms with van der Waals surface area (Å²) < 4.78 is 1.80. The second kappa shape index (κ2) is 13.1. The van der Waals surface area contributed by atoms with E-state index in [0.29, 0.717) is 25.3 Å². The fourth-order valence-electron chi connectivity index (χ4n) is 6.26. The zero-order valence-electron chi connectivity index (χ0n) is 27.1. The predicted molar refractivity (Wildman–Crippen MR) is 184 cm³/mol. The van der Waals surface area contributed by atoms with Gasteiger partial charge < -0.3 is 35.9 Å². The Balaban J connectivity index is 1.28. The molecule has 0 aliphatic carbocycles. The number of hydrogen-bond donors (Lipinski definition) is 5. The number of fused-ring (bicyclic) bond motifs is 1. The highest BCUT2D eigenvalue weighted by atomic mass is 16.3. The van der Waals surface area contributed by atoms with E-state index in [1.165, 1.54) is 0 Å². The molecule has 0 saturated carbocycles. The van der Waals surface area contributed by atoms with E-state index in [0.717, 1.165) is 46.0 Å². The maximum absolute atomic E-state index is 14.2. The number of rotatable bonds is 11. The molecule has 0 bridgehead atoms. The molecule has 0 radical (unpaired) electrons. The number of H-pyrrole nitrogens is 1. The van der Waals surface area contributed by atoms with Gasteiger partial charge in [-0.2, -0.15) is 0 Å². The van der Waals surface area contributed by atoms with Crippen molar-refractivity contribution in [2.24, 2.45) is 5.73 Å². The van der Waals surface area contributed by atoms with Gasteiger partial charge >= 0.3 is 0 Å². The molecule has 47 heavy (non-hydrogen) atoms. The van der Waals surface area contributed by atoms with E-state index in [1.807, 2.05) is 84.8 Å². The lowest BCUT2D eigenvalue weighted by Crippen LogP contribution is -2.56. The molecule has 3 aromatic carbocycles. The van der Waals surface area contributed by atoms with Gasteiger partial charge in [0.15, 0.2) is 0 Å². The number of benzene rings is 3. The minimum absolute atomic E-state index is 0.0124. The Hall–Kier alpha value is -4.93. The van der Waals surface area contributed by atoms with Crippen molar-refractivity contribution in [1.29, 1.82) is 0 Å². The fourth-order valence-corrected chi connectivity index (χ4v) is 6.26. The Morgan fingerprint density at radius 1 is 0.957 bits per heavy atom. The topological polar surface area (TPSA) is 141 Å². The first kappa shape index (κ1) is 32.0. The number of amides is 2. The third kappa shape index (κ3) is 6.65. The summed E-state index contributed by atoms with van der Waals surface area (Å²) >= 11 is 0. The van der Waals surface area contributed by atoms with Crippen LogP contribution in [-0.4, -0.2) is 67.3 Å². The largest absolute Gasteiger partial charge is 0.372 e. The first-order valence-corrected chi connectivity index (χ1v) is 16.1. The molecule has 2 unspecified atom stereocenters. The van der Waals surface area contributed by atoms with Gasteiger partial charge in [-0.05, 0) is 68.4 Å². The van der Waals surface area contributed by atoms with E-state index >= 15 is 0 Å². The van der Waals surface area contributed by atoms with Crippen LogP contribution < -0.4 is 16.4 Å². The maximum Gasteiger partial charge on any atom is 0.253 e. The standard InChI is InChI=1S/C37H43N7O3/c1-36(2,38)34(46)41-31(21-27-22-39-30-14-8-7-13-29(27)30)33(45)42-32-23-44(24-40-32)37(3,35(47)43-19-9-10-20-43)28-17-15-26(16-18-28)25-11-5-4-6-12-25/h4-8,11-18,22-24,31,33,39,42,45H,9-10,19-21,38H2,1-3H3,(H,41,46)/t31-,33?,37?/m1/s1. The average molecular weight is 634 g/mol. The smallest absolute Gasteiger partial charge is 0.253 e. The van der Waals surface area contributed by atoms with Gasteiger partial charge in [-0.1, -0.05) is 72.8 Å².